The molecule has 86 valence electrons. The quantitative estimate of drug-likeness (QED) is 0.469. The zero-order chi connectivity index (χ0) is 11.7. The number of carbonyl (C=O) groups excluding carboxylic acids is 3. The normalized spacial score (nSPS) is 9.47. The van der Waals surface area contributed by atoms with Gasteiger partial charge in [-0.25, -0.2) is 0 Å². The lowest BCUT2D eigenvalue weighted by atomic mass is 10.3. The molecule has 0 spiro atoms. The first kappa shape index (κ1) is 14.0. The first-order valence-electron chi connectivity index (χ1n) is 4.42. The van der Waals surface area contributed by atoms with Crippen LogP contribution in [0.15, 0.2) is 0 Å². The molecule has 0 aromatic heterocycles. The van der Waals surface area contributed by atoms with Gasteiger partial charge in [-0.1, -0.05) is 0 Å². The van der Waals surface area contributed by atoms with Crippen LogP contribution in [0.4, 0.5) is 0 Å². The number of ketones is 1. The van der Waals surface area contributed by atoms with Gasteiger partial charge in [0.15, 0.2) is 5.78 Å². The maximum absolute atomic E-state index is 11.1. The summed E-state index contributed by atoms with van der Waals surface area (Å²) in [4.78, 5) is 32.7. The van der Waals surface area contributed by atoms with Gasteiger partial charge in [0.2, 0.25) is 0 Å². The van der Waals surface area contributed by atoms with Crippen LogP contribution in [-0.4, -0.2) is 42.9 Å². The monoisotopic (exact) mass is 234 g/mol. The highest BCUT2D eigenvalue weighted by atomic mass is 32.2. The van der Waals surface area contributed by atoms with Crippen LogP contribution in [0.2, 0.25) is 0 Å². The lowest BCUT2D eigenvalue weighted by Gasteiger charge is -2.01. The van der Waals surface area contributed by atoms with E-state index in [9.17, 15) is 14.4 Å². The van der Waals surface area contributed by atoms with Gasteiger partial charge in [-0.15, -0.1) is 11.8 Å². The molecule has 0 aliphatic heterocycles. The van der Waals surface area contributed by atoms with Gasteiger partial charge in [-0.2, -0.15) is 0 Å². The van der Waals surface area contributed by atoms with Gasteiger partial charge < -0.3 is 9.47 Å². The second kappa shape index (κ2) is 8.28. The van der Waals surface area contributed by atoms with Crippen LogP contribution in [0.5, 0.6) is 0 Å². The molecule has 0 bridgehead atoms. The molecular formula is C9H14O5S. The number of ether oxygens (including phenoxy) is 2. The second-order valence-electron chi connectivity index (χ2n) is 2.59. The van der Waals surface area contributed by atoms with Crippen molar-refractivity contribution in [2.75, 3.05) is 25.2 Å². The Morgan fingerprint density at radius 2 is 1.80 bits per heavy atom. The summed E-state index contributed by atoms with van der Waals surface area (Å²) in [6, 6.07) is 0. The topological polar surface area (TPSA) is 69.7 Å². The van der Waals surface area contributed by atoms with Gasteiger partial charge in [0.1, 0.15) is 6.42 Å². The predicted molar refractivity (Wildman–Crippen MR) is 55.6 cm³/mol. The van der Waals surface area contributed by atoms with Crippen molar-refractivity contribution in [3.8, 4) is 0 Å². The summed E-state index contributed by atoms with van der Waals surface area (Å²) in [6.07, 6.45) is -0.234. The van der Waals surface area contributed by atoms with E-state index >= 15 is 0 Å². The summed E-state index contributed by atoms with van der Waals surface area (Å²) < 4.78 is 8.99. The van der Waals surface area contributed by atoms with Crippen LogP contribution < -0.4 is 0 Å². The Hall–Kier alpha value is -1.04. The second-order valence-corrected chi connectivity index (χ2v) is 3.58. The molecule has 0 radical (unpaired) electrons. The molecule has 0 atom stereocenters. The summed E-state index contributed by atoms with van der Waals surface area (Å²) in [7, 11) is 1.28. The van der Waals surface area contributed by atoms with E-state index in [1.165, 1.54) is 7.11 Å². The number of carbonyl (C=O) groups is 3. The van der Waals surface area contributed by atoms with Gasteiger partial charge in [-0.3, -0.25) is 14.4 Å². The van der Waals surface area contributed by atoms with Crippen molar-refractivity contribution in [2.45, 2.75) is 13.3 Å². The Balaban J connectivity index is 3.57. The highest BCUT2D eigenvalue weighted by molar-refractivity contribution is 8.00. The van der Waals surface area contributed by atoms with Crippen LogP contribution >= 0.6 is 11.8 Å². The Kier molecular flexibility index (Phi) is 7.71. The molecule has 6 heteroatoms. The third-order valence-electron chi connectivity index (χ3n) is 1.36. The number of Topliss-reactive ketones (excluding diaryl/α,β-unsaturated/α-hetero) is 1. The van der Waals surface area contributed by atoms with Gasteiger partial charge in [-0.05, 0) is 6.92 Å². The SMILES string of the molecule is CCOC(=O)CC(=O)CSCC(=O)OC. The molecule has 0 unspecified atom stereocenters. The van der Waals surface area contributed by atoms with Crippen LogP contribution in [0.1, 0.15) is 13.3 Å². The Bertz CT molecular complexity index is 239. The van der Waals surface area contributed by atoms with Crippen molar-refractivity contribution in [1.82, 2.24) is 0 Å². The third kappa shape index (κ3) is 7.99. The van der Waals surface area contributed by atoms with E-state index in [1.54, 1.807) is 6.92 Å². The molecule has 0 fully saturated rings. The van der Waals surface area contributed by atoms with Crippen molar-refractivity contribution < 1.29 is 23.9 Å². The summed E-state index contributed by atoms with van der Waals surface area (Å²) >= 11 is 1.12. The maximum Gasteiger partial charge on any atom is 0.315 e. The van der Waals surface area contributed by atoms with E-state index in [0.717, 1.165) is 11.8 Å². The number of rotatable bonds is 7. The predicted octanol–water partition coefficient (Wildman–Crippen LogP) is 0.415. The van der Waals surface area contributed by atoms with Crippen molar-refractivity contribution >= 4 is 29.5 Å². The summed E-state index contributed by atoms with van der Waals surface area (Å²) in [5.41, 5.74) is 0. The Morgan fingerprint density at radius 1 is 1.13 bits per heavy atom. The summed E-state index contributed by atoms with van der Waals surface area (Å²) in [6.45, 7) is 1.94. The number of thioether (sulfide) groups is 1. The molecule has 0 saturated carbocycles. The van der Waals surface area contributed by atoms with Gasteiger partial charge in [0.05, 0.1) is 25.2 Å². The summed E-state index contributed by atoms with van der Waals surface area (Å²) in [5, 5.41) is 0. The molecular weight excluding hydrogens is 220 g/mol. The molecule has 0 heterocycles. The average molecular weight is 234 g/mol. The maximum atomic E-state index is 11.1. The number of hydrogen-bond donors (Lipinski definition) is 0. The zero-order valence-corrected chi connectivity index (χ0v) is 9.59. The van der Waals surface area contributed by atoms with E-state index in [0.29, 0.717) is 0 Å². The van der Waals surface area contributed by atoms with Crippen LogP contribution in [-0.2, 0) is 23.9 Å². The smallest absolute Gasteiger partial charge is 0.315 e. The van der Waals surface area contributed by atoms with E-state index in [-0.39, 0.29) is 36.3 Å². The van der Waals surface area contributed by atoms with Crippen molar-refractivity contribution in [2.24, 2.45) is 0 Å². The molecule has 0 saturated heterocycles. The molecule has 5 nitrogen and oxygen atoms in total. The minimum absolute atomic E-state index is 0.116. The highest BCUT2D eigenvalue weighted by Crippen LogP contribution is 2.03. The van der Waals surface area contributed by atoms with E-state index < -0.39 is 5.97 Å². The molecule has 0 N–H and O–H groups in total. The lowest BCUT2D eigenvalue weighted by molar-refractivity contribution is -0.145. The highest BCUT2D eigenvalue weighted by Gasteiger charge is 2.11. The Morgan fingerprint density at radius 3 is 2.33 bits per heavy atom. The number of methoxy groups -OCH3 is 1. The van der Waals surface area contributed by atoms with Crippen molar-refractivity contribution in [3.63, 3.8) is 0 Å². The fourth-order valence-corrected chi connectivity index (χ4v) is 1.45. The van der Waals surface area contributed by atoms with E-state index in [2.05, 4.69) is 9.47 Å². The summed E-state index contributed by atoms with van der Waals surface area (Å²) in [5.74, 6) is -0.925. The lowest BCUT2D eigenvalue weighted by Crippen LogP contribution is -2.14. The van der Waals surface area contributed by atoms with Gasteiger partial charge in [0.25, 0.3) is 0 Å². The standard InChI is InChI=1S/C9H14O5S/c1-3-14-8(11)4-7(10)5-15-6-9(12)13-2/h3-6H2,1-2H3. The van der Waals surface area contributed by atoms with Crippen LogP contribution in [0.3, 0.4) is 0 Å². The average Bonchev–Trinajstić information content (AvgIpc) is 2.17. The van der Waals surface area contributed by atoms with E-state index in [4.69, 9.17) is 0 Å². The first-order chi connectivity index (χ1) is 7.10. The number of hydrogen-bond acceptors (Lipinski definition) is 6. The third-order valence-corrected chi connectivity index (χ3v) is 2.32. The minimum atomic E-state index is -0.527. The molecule has 15 heavy (non-hydrogen) atoms. The fourth-order valence-electron chi connectivity index (χ4n) is 0.731. The van der Waals surface area contributed by atoms with Crippen LogP contribution in [0.25, 0.3) is 0 Å². The molecule has 0 rings (SSSR count). The number of esters is 2. The molecule has 0 aromatic carbocycles. The fraction of sp³-hybridized carbons (Fsp3) is 0.667. The van der Waals surface area contributed by atoms with Gasteiger partial charge >= 0.3 is 11.9 Å². The molecule has 0 aromatic rings. The largest absolute Gasteiger partial charge is 0.468 e. The van der Waals surface area contributed by atoms with Crippen molar-refractivity contribution in [3.05, 3.63) is 0 Å². The van der Waals surface area contributed by atoms with Crippen LogP contribution in [0, 0.1) is 0 Å². The molecule has 0 amide bonds. The van der Waals surface area contributed by atoms with Crippen molar-refractivity contribution in [1.29, 1.82) is 0 Å². The van der Waals surface area contributed by atoms with E-state index in [1.807, 2.05) is 0 Å². The first-order valence-corrected chi connectivity index (χ1v) is 5.57. The zero-order valence-electron chi connectivity index (χ0n) is 8.78. The van der Waals surface area contributed by atoms with Gasteiger partial charge in [0, 0.05) is 0 Å². The molecule has 0 aliphatic carbocycles. The Labute approximate surface area is 92.5 Å². The molecule has 0 aliphatic rings. The minimum Gasteiger partial charge on any atom is -0.468 e.